The first-order valence-electron chi connectivity index (χ1n) is 7.29. The predicted molar refractivity (Wildman–Crippen MR) is 79.0 cm³/mol. The number of aromatic nitrogens is 1. The molecular formula is C15H23N3O2. The maximum atomic E-state index is 12.4. The molecule has 5 nitrogen and oxygen atoms in total. The molecule has 5 heteroatoms. The zero-order valence-electron chi connectivity index (χ0n) is 12.4. The predicted octanol–water partition coefficient (Wildman–Crippen LogP) is 3.13. The van der Waals surface area contributed by atoms with Gasteiger partial charge in [-0.25, -0.2) is 9.78 Å². The van der Waals surface area contributed by atoms with Gasteiger partial charge in [0.2, 0.25) is 5.88 Å². The first-order valence-corrected chi connectivity index (χ1v) is 7.29. The van der Waals surface area contributed by atoms with Gasteiger partial charge >= 0.3 is 6.03 Å². The Hall–Kier alpha value is -1.78. The van der Waals surface area contributed by atoms with E-state index in [0.29, 0.717) is 30.1 Å². The van der Waals surface area contributed by atoms with Crippen LogP contribution in [0.3, 0.4) is 0 Å². The molecule has 0 bridgehead atoms. The van der Waals surface area contributed by atoms with Crippen molar-refractivity contribution in [3.63, 3.8) is 0 Å². The highest BCUT2D eigenvalue weighted by molar-refractivity contribution is 5.90. The van der Waals surface area contributed by atoms with Gasteiger partial charge in [0.1, 0.15) is 5.69 Å². The molecule has 0 saturated carbocycles. The normalized spacial score (nSPS) is 18.4. The summed E-state index contributed by atoms with van der Waals surface area (Å²) < 4.78 is 5.43. The number of rotatable bonds is 4. The largest absolute Gasteiger partial charge is 0.476 e. The van der Waals surface area contributed by atoms with Crippen LogP contribution in [0, 0.1) is 5.92 Å². The van der Waals surface area contributed by atoms with E-state index >= 15 is 0 Å². The van der Waals surface area contributed by atoms with E-state index < -0.39 is 0 Å². The Bertz CT molecular complexity index is 462. The molecule has 2 heterocycles. The van der Waals surface area contributed by atoms with Crippen LogP contribution < -0.4 is 10.1 Å². The second-order valence-electron chi connectivity index (χ2n) is 5.37. The van der Waals surface area contributed by atoms with Crippen LogP contribution in [-0.2, 0) is 0 Å². The first kappa shape index (κ1) is 14.6. The van der Waals surface area contributed by atoms with Crippen LogP contribution in [0.5, 0.6) is 5.88 Å². The van der Waals surface area contributed by atoms with Crippen LogP contribution in [0.2, 0.25) is 0 Å². The number of carbonyl (C=O) groups excluding carboxylic acids is 1. The highest BCUT2D eigenvalue weighted by Gasteiger charge is 2.31. The molecule has 0 aliphatic carbocycles. The fraction of sp³-hybridized carbons (Fsp3) is 0.600. The number of amides is 2. The summed E-state index contributed by atoms with van der Waals surface area (Å²) in [6.45, 7) is 7.56. The summed E-state index contributed by atoms with van der Waals surface area (Å²) >= 11 is 0. The molecule has 0 unspecified atom stereocenters. The third-order valence-electron chi connectivity index (χ3n) is 3.62. The average molecular weight is 277 g/mol. The second-order valence-corrected chi connectivity index (χ2v) is 5.37. The highest BCUT2D eigenvalue weighted by atomic mass is 16.5. The van der Waals surface area contributed by atoms with Gasteiger partial charge in [0.25, 0.3) is 0 Å². The number of nitrogens with one attached hydrogen (secondary N) is 1. The lowest BCUT2D eigenvalue weighted by molar-refractivity contribution is 0.192. The van der Waals surface area contributed by atoms with Crippen LogP contribution in [0.25, 0.3) is 0 Å². The number of pyridine rings is 1. The fourth-order valence-electron chi connectivity index (χ4n) is 2.66. The molecule has 1 saturated heterocycles. The maximum Gasteiger partial charge on any atom is 0.322 e. The van der Waals surface area contributed by atoms with Gasteiger partial charge in [-0.15, -0.1) is 0 Å². The Morgan fingerprint density at radius 1 is 1.60 bits per heavy atom. The van der Waals surface area contributed by atoms with Crippen molar-refractivity contribution >= 4 is 11.7 Å². The molecule has 2 rings (SSSR count). The molecule has 1 fully saturated rings. The first-order chi connectivity index (χ1) is 9.63. The Morgan fingerprint density at radius 3 is 3.10 bits per heavy atom. The van der Waals surface area contributed by atoms with E-state index in [9.17, 15) is 4.79 Å². The van der Waals surface area contributed by atoms with Crippen molar-refractivity contribution in [2.75, 3.05) is 18.5 Å². The molecule has 1 aliphatic heterocycles. The minimum atomic E-state index is -0.0600. The van der Waals surface area contributed by atoms with Gasteiger partial charge in [-0.05, 0) is 37.8 Å². The van der Waals surface area contributed by atoms with Crippen molar-refractivity contribution in [2.45, 2.75) is 39.7 Å². The van der Waals surface area contributed by atoms with Crippen LogP contribution in [0.4, 0.5) is 10.5 Å². The topological polar surface area (TPSA) is 54.5 Å². The van der Waals surface area contributed by atoms with Crippen molar-refractivity contribution in [1.82, 2.24) is 9.88 Å². The van der Waals surface area contributed by atoms with Crippen LogP contribution in [-0.4, -0.2) is 35.1 Å². The molecule has 0 aromatic carbocycles. The van der Waals surface area contributed by atoms with E-state index in [1.807, 2.05) is 17.9 Å². The lowest BCUT2D eigenvalue weighted by Gasteiger charge is -2.28. The minimum Gasteiger partial charge on any atom is -0.476 e. The summed E-state index contributed by atoms with van der Waals surface area (Å²) in [6.07, 6.45) is 3.81. The molecular weight excluding hydrogens is 254 g/mol. The standard InChI is InChI=1S/C15H23N3O2/c1-4-20-14-12(7-5-9-16-14)17-15(19)18-10-6-8-13(18)11(2)3/h5,7,9,11,13H,4,6,8,10H2,1-3H3,(H,17,19)/t13-/m1/s1. The number of hydrogen-bond acceptors (Lipinski definition) is 3. The molecule has 1 aromatic heterocycles. The van der Waals surface area contributed by atoms with Crippen molar-refractivity contribution in [1.29, 1.82) is 0 Å². The second kappa shape index (κ2) is 6.59. The molecule has 1 aromatic rings. The highest BCUT2D eigenvalue weighted by Crippen LogP contribution is 2.26. The molecule has 110 valence electrons. The van der Waals surface area contributed by atoms with E-state index in [1.165, 1.54) is 0 Å². The maximum absolute atomic E-state index is 12.4. The lowest BCUT2D eigenvalue weighted by atomic mass is 10.0. The van der Waals surface area contributed by atoms with Gasteiger partial charge in [0.15, 0.2) is 0 Å². The van der Waals surface area contributed by atoms with Crippen molar-refractivity contribution in [3.8, 4) is 5.88 Å². The summed E-state index contributed by atoms with van der Waals surface area (Å²) in [6, 6.07) is 3.87. The van der Waals surface area contributed by atoms with Crippen LogP contribution in [0.1, 0.15) is 33.6 Å². The lowest BCUT2D eigenvalue weighted by Crippen LogP contribution is -2.41. The monoisotopic (exact) mass is 277 g/mol. The van der Waals surface area contributed by atoms with Gasteiger partial charge < -0.3 is 15.0 Å². The van der Waals surface area contributed by atoms with E-state index in [1.54, 1.807) is 12.3 Å². The van der Waals surface area contributed by atoms with Gasteiger partial charge in [-0.3, -0.25) is 0 Å². The Kier molecular flexibility index (Phi) is 4.82. The quantitative estimate of drug-likeness (QED) is 0.920. The summed E-state index contributed by atoms with van der Waals surface area (Å²) in [7, 11) is 0. The third-order valence-corrected chi connectivity index (χ3v) is 3.62. The van der Waals surface area contributed by atoms with Gasteiger partial charge in [-0.1, -0.05) is 13.8 Å². The van der Waals surface area contributed by atoms with E-state index in [0.717, 1.165) is 19.4 Å². The molecule has 20 heavy (non-hydrogen) atoms. The number of likely N-dealkylation sites (tertiary alicyclic amines) is 1. The Balaban J connectivity index is 2.08. The number of nitrogens with zero attached hydrogens (tertiary/aromatic N) is 2. The fourth-order valence-corrected chi connectivity index (χ4v) is 2.66. The van der Waals surface area contributed by atoms with Gasteiger partial charge in [-0.2, -0.15) is 0 Å². The van der Waals surface area contributed by atoms with E-state index in [-0.39, 0.29) is 6.03 Å². The third kappa shape index (κ3) is 3.21. The zero-order chi connectivity index (χ0) is 14.5. The summed E-state index contributed by atoms with van der Waals surface area (Å²) in [4.78, 5) is 18.5. The smallest absolute Gasteiger partial charge is 0.322 e. The Labute approximate surface area is 120 Å². The molecule has 0 radical (unpaired) electrons. The zero-order valence-corrected chi connectivity index (χ0v) is 12.4. The molecule has 1 N–H and O–H groups in total. The number of anilines is 1. The molecule has 1 atom stereocenters. The summed E-state index contributed by atoms with van der Waals surface area (Å²) in [5.74, 6) is 0.951. The Morgan fingerprint density at radius 2 is 2.40 bits per heavy atom. The van der Waals surface area contributed by atoms with E-state index in [2.05, 4.69) is 24.1 Å². The van der Waals surface area contributed by atoms with Gasteiger partial charge in [0.05, 0.1) is 6.61 Å². The molecule has 1 aliphatic rings. The average Bonchev–Trinajstić information content (AvgIpc) is 2.91. The van der Waals surface area contributed by atoms with Crippen molar-refractivity contribution < 1.29 is 9.53 Å². The number of carbonyl (C=O) groups is 1. The van der Waals surface area contributed by atoms with Crippen molar-refractivity contribution in [2.24, 2.45) is 5.92 Å². The molecule has 0 spiro atoms. The number of ether oxygens (including phenoxy) is 1. The minimum absolute atomic E-state index is 0.0600. The van der Waals surface area contributed by atoms with Crippen LogP contribution in [0.15, 0.2) is 18.3 Å². The van der Waals surface area contributed by atoms with Crippen LogP contribution >= 0.6 is 0 Å². The SMILES string of the molecule is CCOc1ncccc1NC(=O)N1CCC[C@@H]1C(C)C. The van der Waals surface area contributed by atoms with E-state index in [4.69, 9.17) is 4.74 Å². The van der Waals surface area contributed by atoms with Crippen molar-refractivity contribution in [3.05, 3.63) is 18.3 Å². The summed E-state index contributed by atoms with van der Waals surface area (Å²) in [5, 5.41) is 2.92. The summed E-state index contributed by atoms with van der Waals surface area (Å²) in [5.41, 5.74) is 0.633. The number of hydrogen-bond donors (Lipinski definition) is 1. The number of urea groups is 1. The molecule has 2 amide bonds. The van der Waals surface area contributed by atoms with Gasteiger partial charge in [0, 0.05) is 18.8 Å².